The largest absolute Gasteiger partial charge is 0.488 e. The number of hydrogen-bond donors (Lipinski definition) is 3. The summed E-state index contributed by atoms with van der Waals surface area (Å²) < 4.78 is 5.82. The molecule has 2 aromatic carbocycles. The van der Waals surface area contributed by atoms with E-state index in [1.165, 1.54) is 6.08 Å². The Labute approximate surface area is 167 Å². The summed E-state index contributed by atoms with van der Waals surface area (Å²) in [4.78, 5) is 10.6. The number of rotatable bonds is 9. The van der Waals surface area contributed by atoms with Crippen molar-refractivity contribution in [2.45, 2.75) is 31.7 Å². The number of carboxylic acid groups (broad SMARTS) is 1. The van der Waals surface area contributed by atoms with Crippen molar-refractivity contribution in [3.8, 4) is 5.75 Å². The first-order valence-electron chi connectivity index (χ1n) is 8.27. The first kappa shape index (κ1) is 21.3. The molecule has 7 heteroatoms. The van der Waals surface area contributed by atoms with Gasteiger partial charge >= 0.3 is 5.97 Å². The van der Waals surface area contributed by atoms with Gasteiger partial charge in [0.2, 0.25) is 0 Å². The number of para-hydroxylation sites is 1. The minimum Gasteiger partial charge on any atom is -0.488 e. The van der Waals surface area contributed by atoms with Crippen LogP contribution < -0.4 is 4.74 Å². The van der Waals surface area contributed by atoms with Crippen LogP contribution in [-0.4, -0.2) is 33.5 Å². The smallest absolute Gasteiger partial charge is 0.305 e. The van der Waals surface area contributed by atoms with Crippen molar-refractivity contribution in [2.24, 2.45) is 0 Å². The van der Waals surface area contributed by atoms with Gasteiger partial charge in [-0.25, -0.2) is 0 Å². The zero-order chi connectivity index (χ0) is 19.8. The lowest BCUT2D eigenvalue weighted by atomic mass is 10.1. The Morgan fingerprint density at radius 3 is 2.59 bits per heavy atom. The van der Waals surface area contributed by atoms with Crippen molar-refractivity contribution in [1.82, 2.24) is 0 Å². The Kier molecular flexibility index (Phi) is 8.13. The summed E-state index contributed by atoms with van der Waals surface area (Å²) in [5.41, 5.74) is 1.52. The lowest BCUT2D eigenvalue weighted by Gasteiger charge is -2.12. The van der Waals surface area contributed by atoms with Crippen molar-refractivity contribution in [2.75, 3.05) is 0 Å². The van der Waals surface area contributed by atoms with Crippen LogP contribution in [0.15, 0.2) is 48.5 Å². The van der Waals surface area contributed by atoms with Crippen molar-refractivity contribution >= 4 is 35.2 Å². The number of aliphatic carboxylic acids is 1. The average molecular weight is 411 g/mol. The summed E-state index contributed by atoms with van der Waals surface area (Å²) in [7, 11) is 0. The molecule has 0 heterocycles. The maximum absolute atomic E-state index is 10.6. The van der Waals surface area contributed by atoms with E-state index in [0.717, 1.165) is 11.1 Å². The summed E-state index contributed by atoms with van der Waals surface area (Å²) in [5.74, 6) is -0.517. The number of aliphatic hydroxyl groups is 2. The predicted molar refractivity (Wildman–Crippen MR) is 105 cm³/mol. The third-order valence-electron chi connectivity index (χ3n) is 3.74. The molecule has 27 heavy (non-hydrogen) atoms. The number of carbonyl (C=O) groups is 1. The normalized spacial score (nSPS) is 13.5. The second-order valence-corrected chi connectivity index (χ2v) is 6.82. The number of benzene rings is 2. The van der Waals surface area contributed by atoms with E-state index in [2.05, 4.69) is 0 Å². The summed E-state index contributed by atoms with van der Waals surface area (Å²) in [6, 6.07) is 12.4. The van der Waals surface area contributed by atoms with Crippen LogP contribution in [0.4, 0.5) is 0 Å². The van der Waals surface area contributed by atoms with Crippen LogP contribution in [0.2, 0.25) is 10.0 Å². The molecule has 3 N–H and O–H groups in total. The van der Waals surface area contributed by atoms with Gasteiger partial charge < -0.3 is 20.1 Å². The fraction of sp³-hybridized carbons (Fsp3) is 0.250. The Bertz CT molecular complexity index is 807. The molecule has 0 fully saturated rings. The molecule has 2 atom stereocenters. The zero-order valence-electron chi connectivity index (χ0n) is 14.4. The van der Waals surface area contributed by atoms with E-state index >= 15 is 0 Å². The molecular formula is C20H20Cl2O5. The molecule has 0 aliphatic carbocycles. The van der Waals surface area contributed by atoms with Gasteiger partial charge in [0.25, 0.3) is 0 Å². The topological polar surface area (TPSA) is 87.0 Å². The van der Waals surface area contributed by atoms with Gasteiger partial charge in [-0.1, -0.05) is 59.6 Å². The van der Waals surface area contributed by atoms with Crippen LogP contribution in [0.25, 0.3) is 6.08 Å². The Balaban J connectivity index is 2.01. The molecule has 144 valence electrons. The van der Waals surface area contributed by atoms with E-state index in [0.29, 0.717) is 15.8 Å². The van der Waals surface area contributed by atoms with Crippen LogP contribution in [0.1, 0.15) is 24.0 Å². The fourth-order valence-electron chi connectivity index (χ4n) is 2.40. The Hall–Kier alpha value is -2.05. The van der Waals surface area contributed by atoms with E-state index in [1.807, 2.05) is 18.2 Å². The summed E-state index contributed by atoms with van der Waals surface area (Å²) >= 11 is 12.0. The minimum absolute atomic E-state index is 0.0633. The zero-order valence-corrected chi connectivity index (χ0v) is 15.9. The highest BCUT2D eigenvalue weighted by Crippen LogP contribution is 2.25. The lowest BCUT2D eigenvalue weighted by Crippen LogP contribution is -2.19. The number of carboxylic acids is 1. The molecule has 0 radical (unpaired) electrons. The number of ether oxygens (including phenoxy) is 1. The van der Waals surface area contributed by atoms with E-state index in [9.17, 15) is 15.0 Å². The summed E-state index contributed by atoms with van der Waals surface area (Å²) in [6.07, 6.45) is 0.594. The monoisotopic (exact) mass is 410 g/mol. The third kappa shape index (κ3) is 7.23. The molecule has 2 rings (SSSR count). The van der Waals surface area contributed by atoms with Crippen molar-refractivity contribution in [3.63, 3.8) is 0 Å². The highest BCUT2D eigenvalue weighted by atomic mass is 35.5. The molecule has 2 unspecified atom stereocenters. The van der Waals surface area contributed by atoms with E-state index < -0.39 is 24.6 Å². The Morgan fingerprint density at radius 1 is 1.15 bits per heavy atom. The van der Waals surface area contributed by atoms with Crippen LogP contribution in [0.5, 0.6) is 5.75 Å². The molecule has 0 aliphatic rings. The molecule has 0 aromatic heterocycles. The number of hydrogen-bond acceptors (Lipinski definition) is 4. The van der Waals surface area contributed by atoms with Crippen LogP contribution in [0, 0.1) is 0 Å². The molecular weight excluding hydrogens is 391 g/mol. The lowest BCUT2D eigenvalue weighted by molar-refractivity contribution is -0.139. The van der Waals surface area contributed by atoms with Crippen LogP contribution in [-0.2, 0) is 11.4 Å². The van der Waals surface area contributed by atoms with Gasteiger partial charge in [-0.05, 0) is 18.2 Å². The molecule has 0 bridgehead atoms. The van der Waals surface area contributed by atoms with Gasteiger partial charge in [-0.3, -0.25) is 4.79 Å². The molecule has 0 spiro atoms. The summed E-state index contributed by atoms with van der Waals surface area (Å²) in [5, 5.41) is 29.2. The van der Waals surface area contributed by atoms with Crippen LogP contribution >= 0.6 is 23.2 Å². The van der Waals surface area contributed by atoms with Gasteiger partial charge in [0.1, 0.15) is 12.4 Å². The quantitative estimate of drug-likeness (QED) is 0.577. The van der Waals surface area contributed by atoms with E-state index in [1.54, 1.807) is 30.3 Å². The molecule has 0 saturated heterocycles. The number of halogens is 2. The molecule has 0 amide bonds. The maximum Gasteiger partial charge on any atom is 0.305 e. The van der Waals surface area contributed by atoms with Crippen LogP contribution in [0.3, 0.4) is 0 Å². The van der Waals surface area contributed by atoms with Gasteiger partial charge in [-0.2, -0.15) is 0 Å². The van der Waals surface area contributed by atoms with Crippen molar-refractivity contribution in [1.29, 1.82) is 0 Å². The van der Waals surface area contributed by atoms with Gasteiger partial charge in [-0.15, -0.1) is 0 Å². The van der Waals surface area contributed by atoms with E-state index in [4.69, 9.17) is 33.0 Å². The van der Waals surface area contributed by atoms with E-state index in [-0.39, 0.29) is 13.0 Å². The van der Waals surface area contributed by atoms with Gasteiger partial charge in [0.15, 0.2) is 0 Å². The van der Waals surface area contributed by atoms with Crippen molar-refractivity contribution in [3.05, 3.63) is 69.7 Å². The standard InChI is InChI=1S/C20H20Cl2O5/c21-15-7-5-14(18(22)9-15)12-27-19-4-2-1-3-13(19)6-8-16(23)10-17(24)11-20(25)26/h1-9,16-17,23-24H,10-12H2,(H,25,26). The SMILES string of the molecule is O=C(O)CC(O)CC(O)C=Cc1ccccc1OCc1ccc(Cl)cc1Cl. The molecule has 2 aromatic rings. The Morgan fingerprint density at radius 2 is 1.89 bits per heavy atom. The molecule has 0 aliphatic heterocycles. The third-order valence-corrected chi connectivity index (χ3v) is 4.33. The predicted octanol–water partition coefficient (Wildman–Crippen LogP) is 4.17. The van der Waals surface area contributed by atoms with Gasteiger partial charge in [0, 0.05) is 27.6 Å². The first-order valence-corrected chi connectivity index (χ1v) is 9.02. The highest BCUT2D eigenvalue weighted by molar-refractivity contribution is 6.35. The fourth-order valence-corrected chi connectivity index (χ4v) is 2.86. The van der Waals surface area contributed by atoms with Crippen molar-refractivity contribution < 1.29 is 24.9 Å². The second-order valence-electron chi connectivity index (χ2n) is 5.98. The first-order chi connectivity index (χ1) is 12.8. The van der Waals surface area contributed by atoms with Gasteiger partial charge in [0.05, 0.1) is 18.6 Å². The average Bonchev–Trinajstić information content (AvgIpc) is 2.59. The highest BCUT2D eigenvalue weighted by Gasteiger charge is 2.13. The molecule has 5 nitrogen and oxygen atoms in total. The second kappa shape index (κ2) is 10.3. The minimum atomic E-state index is -1.11. The maximum atomic E-state index is 10.6. The molecule has 0 saturated carbocycles. The number of aliphatic hydroxyl groups excluding tert-OH is 2. The summed E-state index contributed by atoms with van der Waals surface area (Å²) in [6.45, 7) is 0.251.